The number of H-pyrrole nitrogens is 1. The Morgan fingerprint density at radius 1 is 1.42 bits per heavy atom. The number of rotatable bonds is 4. The van der Waals surface area contributed by atoms with Crippen LogP contribution in [0.3, 0.4) is 0 Å². The van der Waals surface area contributed by atoms with Gasteiger partial charge in [-0.15, -0.1) is 13.2 Å². The molecule has 1 heterocycles. The number of carbonyl (C=O) groups is 1. The molecule has 0 spiro atoms. The maximum Gasteiger partial charge on any atom is 0.573 e. The summed E-state index contributed by atoms with van der Waals surface area (Å²) in [6.45, 7) is -0.188. The summed E-state index contributed by atoms with van der Waals surface area (Å²) in [7, 11) is 0. The number of carbonyl (C=O) groups excluding carboxylic acids is 1. The van der Waals surface area contributed by atoms with Gasteiger partial charge in [-0.05, 0) is 6.92 Å². The minimum atomic E-state index is -5.17. The Kier molecular flexibility index (Phi) is 4.52. The molecule has 0 radical (unpaired) electrons. The van der Waals surface area contributed by atoms with Gasteiger partial charge in [-0.3, -0.25) is 4.79 Å². The highest BCUT2D eigenvalue weighted by molar-refractivity contribution is 5.92. The number of hydrogen-bond acceptors (Lipinski definition) is 4. The van der Waals surface area contributed by atoms with Crippen molar-refractivity contribution in [2.45, 2.75) is 20.0 Å². The Bertz CT molecular complexity index is 523. The van der Waals surface area contributed by atoms with Gasteiger partial charge in [0.15, 0.2) is 5.75 Å². The number of halogens is 4. The van der Waals surface area contributed by atoms with Crippen molar-refractivity contribution in [1.82, 2.24) is 4.98 Å². The molecular weight excluding hydrogens is 274 g/mol. The zero-order valence-corrected chi connectivity index (χ0v) is 9.64. The van der Waals surface area contributed by atoms with Crippen LogP contribution in [0.25, 0.3) is 0 Å². The Balaban J connectivity index is 3.38. The second-order valence-electron chi connectivity index (χ2n) is 3.24. The van der Waals surface area contributed by atoms with Crippen molar-refractivity contribution < 1.29 is 31.8 Å². The van der Waals surface area contributed by atoms with Gasteiger partial charge >= 0.3 is 12.3 Å². The highest BCUT2D eigenvalue weighted by atomic mass is 19.4. The minimum Gasteiger partial charge on any atom is -0.462 e. The van der Waals surface area contributed by atoms with E-state index in [1.165, 1.54) is 6.92 Å². The van der Waals surface area contributed by atoms with Crippen LogP contribution in [0.4, 0.5) is 17.6 Å². The van der Waals surface area contributed by atoms with Crippen LogP contribution in [-0.4, -0.2) is 23.9 Å². The van der Waals surface area contributed by atoms with Crippen LogP contribution in [0.15, 0.2) is 11.0 Å². The lowest BCUT2D eigenvalue weighted by Gasteiger charge is -2.14. The van der Waals surface area contributed by atoms with Crippen molar-refractivity contribution >= 4 is 5.97 Å². The third kappa shape index (κ3) is 3.70. The van der Waals surface area contributed by atoms with Crippen LogP contribution in [0.2, 0.25) is 0 Å². The first-order valence-corrected chi connectivity index (χ1v) is 5.03. The minimum absolute atomic E-state index is 0.103. The Morgan fingerprint density at radius 3 is 2.53 bits per heavy atom. The molecular formula is C10H9F4NO4. The van der Waals surface area contributed by atoms with E-state index in [1.54, 1.807) is 0 Å². The fourth-order valence-electron chi connectivity index (χ4n) is 1.27. The summed E-state index contributed by atoms with van der Waals surface area (Å²) >= 11 is 0. The van der Waals surface area contributed by atoms with E-state index >= 15 is 0 Å². The number of nitrogens with one attached hydrogen (secondary N) is 1. The van der Waals surface area contributed by atoms with Gasteiger partial charge in [-0.2, -0.15) is 0 Å². The molecule has 0 unspecified atom stereocenters. The quantitative estimate of drug-likeness (QED) is 0.677. The van der Waals surface area contributed by atoms with E-state index in [9.17, 15) is 27.2 Å². The predicted octanol–water partition coefficient (Wildman–Crippen LogP) is 1.92. The van der Waals surface area contributed by atoms with E-state index in [-0.39, 0.29) is 6.61 Å². The lowest BCUT2D eigenvalue weighted by molar-refractivity contribution is -0.275. The van der Waals surface area contributed by atoms with E-state index in [0.717, 1.165) is 0 Å². The van der Waals surface area contributed by atoms with E-state index in [4.69, 9.17) is 0 Å². The number of pyridine rings is 1. The van der Waals surface area contributed by atoms with Crippen LogP contribution >= 0.6 is 0 Å². The molecule has 0 fully saturated rings. The summed E-state index contributed by atoms with van der Waals surface area (Å²) in [6, 6.07) is 0. The predicted molar refractivity (Wildman–Crippen MR) is 54.5 cm³/mol. The van der Waals surface area contributed by atoms with Gasteiger partial charge in [0.25, 0.3) is 5.56 Å². The molecule has 1 aromatic heterocycles. The molecule has 106 valence electrons. The molecule has 0 amide bonds. The van der Waals surface area contributed by atoms with Crippen LogP contribution in [0.1, 0.15) is 22.8 Å². The SMILES string of the molecule is CCOC(=O)c1c[nH]c(=O)c(CF)c1OC(F)(F)F. The third-order valence-electron chi connectivity index (χ3n) is 1.99. The van der Waals surface area contributed by atoms with E-state index in [0.29, 0.717) is 6.20 Å². The van der Waals surface area contributed by atoms with Crippen LogP contribution in [-0.2, 0) is 11.4 Å². The normalized spacial score (nSPS) is 11.2. The van der Waals surface area contributed by atoms with Gasteiger partial charge in [0.1, 0.15) is 12.2 Å². The van der Waals surface area contributed by atoms with Crippen molar-refractivity contribution in [2.75, 3.05) is 6.61 Å². The molecule has 0 aliphatic carbocycles. The van der Waals surface area contributed by atoms with Crippen molar-refractivity contribution in [3.8, 4) is 5.75 Å². The second kappa shape index (κ2) is 5.72. The largest absolute Gasteiger partial charge is 0.573 e. The Hall–Kier alpha value is -2.06. The van der Waals surface area contributed by atoms with E-state index in [1.807, 2.05) is 4.98 Å². The lowest BCUT2D eigenvalue weighted by Crippen LogP contribution is -2.24. The molecule has 0 aromatic carbocycles. The Labute approximate surface area is 104 Å². The molecule has 0 aliphatic rings. The summed E-state index contributed by atoms with van der Waals surface area (Å²) in [5.41, 5.74) is -2.75. The number of esters is 1. The Morgan fingerprint density at radius 2 is 2.05 bits per heavy atom. The molecule has 5 nitrogen and oxygen atoms in total. The monoisotopic (exact) mass is 283 g/mol. The smallest absolute Gasteiger partial charge is 0.462 e. The number of aromatic nitrogens is 1. The first-order valence-electron chi connectivity index (χ1n) is 5.03. The molecule has 0 aliphatic heterocycles. The molecule has 1 rings (SSSR count). The molecule has 9 heteroatoms. The highest BCUT2D eigenvalue weighted by Crippen LogP contribution is 2.29. The topological polar surface area (TPSA) is 68.4 Å². The van der Waals surface area contributed by atoms with E-state index < -0.39 is 41.4 Å². The first-order chi connectivity index (χ1) is 8.80. The lowest BCUT2D eigenvalue weighted by atomic mass is 10.2. The summed E-state index contributed by atoms with van der Waals surface area (Å²) in [4.78, 5) is 24.6. The van der Waals surface area contributed by atoms with Gasteiger partial charge in [-0.25, -0.2) is 9.18 Å². The zero-order valence-electron chi connectivity index (χ0n) is 9.64. The van der Waals surface area contributed by atoms with Gasteiger partial charge in [0, 0.05) is 6.20 Å². The average Bonchev–Trinajstić information content (AvgIpc) is 2.27. The van der Waals surface area contributed by atoms with Crippen LogP contribution in [0.5, 0.6) is 5.75 Å². The number of hydrogen-bond donors (Lipinski definition) is 1. The summed E-state index contributed by atoms with van der Waals surface area (Å²) in [6.07, 6.45) is -4.49. The van der Waals surface area contributed by atoms with Crippen molar-refractivity contribution in [1.29, 1.82) is 0 Å². The zero-order chi connectivity index (χ0) is 14.6. The van der Waals surface area contributed by atoms with Gasteiger partial charge in [-0.1, -0.05) is 0 Å². The second-order valence-corrected chi connectivity index (χ2v) is 3.24. The number of aromatic amines is 1. The summed E-state index contributed by atoms with van der Waals surface area (Å²) in [5, 5.41) is 0. The van der Waals surface area contributed by atoms with Crippen molar-refractivity contribution in [3.63, 3.8) is 0 Å². The first kappa shape index (κ1) is 15.0. The molecule has 19 heavy (non-hydrogen) atoms. The molecule has 1 aromatic rings. The van der Waals surface area contributed by atoms with Crippen LogP contribution < -0.4 is 10.3 Å². The van der Waals surface area contributed by atoms with Crippen LogP contribution in [0, 0.1) is 0 Å². The van der Waals surface area contributed by atoms with Crippen molar-refractivity contribution in [2.24, 2.45) is 0 Å². The van der Waals surface area contributed by atoms with Gasteiger partial charge < -0.3 is 14.5 Å². The standard InChI is InChI=1S/C10H9F4NO4/c1-2-18-9(17)6-4-15-8(16)5(3-11)7(6)19-10(12,13)14/h4H,2-3H2,1H3,(H,15,16). The van der Waals surface area contributed by atoms with Gasteiger partial charge in [0.05, 0.1) is 12.2 Å². The summed E-state index contributed by atoms with van der Waals surface area (Å²) in [5.74, 6) is -2.34. The molecule has 0 saturated heterocycles. The number of ether oxygens (including phenoxy) is 2. The average molecular weight is 283 g/mol. The van der Waals surface area contributed by atoms with E-state index in [2.05, 4.69) is 9.47 Å². The fourth-order valence-corrected chi connectivity index (χ4v) is 1.27. The molecule has 0 atom stereocenters. The van der Waals surface area contributed by atoms with Gasteiger partial charge in [0.2, 0.25) is 0 Å². The number of alkyl halides is 4. The fraction of sp³-hybridized carbons (Fsp3) is 0.400. The maximum absolute atomic E-state index is 12.6. The maximum atomic E-state index is 12.6. The molecule has 0 bridgehead atoms. The molecule has 1 N–H and O–H groups in total. The highest BCUT2D eigenvalue weighted by Gasteiger charge is 2.35. The summed E-state index contributed by atoms with van der Waals surface area (Å²) < 4.78 is 57.3. The third-order valence-corrected chi connectivity index (χ3v) is 1.99. The molecule has 0 saturated carbocycles. The van der Waals surface area contributed by atoms with Crippen molar-refractivity contribution in [3.05, 3.63) is 27.7 Å².